The zero-order valence-electron chi connectivity index (χ0n) is 10.1. The summed E-state index contributed by atoms with van der Waals surface area (Å²) in [4.78, 5) is 0. The number of nitrogen functional groups attached to an aromatic ring is 1. The monoisotopic (exact) mass is 252 g/mol. The van der Waals surface area contributed by atoms with E-state index in [-0.39, 0.29) is 17.4 Å². The van der Waals surface area contributed by atoms with Gasteiger partial charge in [0.2, 0.25) is 0 Å². The SMILES string of the molecule is CC(C)n1ccc(Nc2c(N)ccc(F)c2F)n1. The van der Waals surface area contributed by atoms with Crippen molar-refractivity contribution in [2.24, 2.45) is 0 Å². The van der Waals surface area contributed by atoms with Crippen molar-refractivity contribution in [1.82, 2.24) is 9.78 Å². The first-order valence-corrected chi connectivity index (χ1v) is 5.54. The van der Waals surface area contributed by atoms with Crippen molar-refractivity contribution in [2.75, 3.05) is 11.1 Å². The van der Waals surface area contributed by atoms with Gasteiger partial charge in [0.15, 0.2) is 17.5 Å². The van der Waals surface area contributed by atoms with Gasteiger partial charge in [-0.1, -0.05) is 0 Å². The molecule has 1 aromatic heterocycles. The smallest absolute Gasteiger partial charge is 0.184 e. The number of halogens is 2. The summed E-state index contributed by atoms with van der Waals surface area (Å²) in [5.41, 5.74) is 5.64. The van der Waals surface area contributed by atoms with Gasteiger partial charge in [0.05, 0.1) is 5.69 Å². The molecule has 0 saturated carbocycles. The fourth-order valence-corrected chi connectivity index (χ4v) is 1.51. The summed E-state index contributed by atoms with van der Waals surface area (Å²) in [6.07, 6.45) is 1.75. The second kappa shape index (κ2) is 4.64. The standard InChI is InChI=1S/C12H14F2N4/c1-7(2)18-6-5-10(17-18)16-12-9(15)4-3-8(13)11(12)14/h3-7H,15H2,1-2H3,(H,16,17). The molecule has 4 nitrogen and oxygen atoms in total. The van der Waals surface area contributed by atoms with E-state index in [9.17, 15) is 8.78 Å². The zero-order valence-corrected chi connectivity index (χ0v) is 10.1. The minimum absolute atomic E-state index is 0.0935. The molecule has 18 heavy (non-hydrogen) atoms. The first-order valence-electron chi connectivity index (χ1n) is 5.54. The normalized spacial score (nSPS) is 10.9. The van der Waals surface area contributed by atoms with Gasteiger partial charge in [-0.25, -0.2) is 8.78 Å². The van der Waals surface area contributed by atoms with Crippen LogP contribution in [0.25, 0.3) is 0 Å². The number of nitrogens with zero attached hydrogens (tertiary/aromatic N) is 2. The molecule has 2 rings (SSSR count). The lowest BCUT2D eigenvalue weighted by molar-refractivity contribution is 0.512. The van der Waals surface area contributed by atoms with Crippen LogP contribution >= 0.6 is 0 Å². The number of nitrogens with two attached hydrogens (primary N) is 1. The minimum atomic E-state index is -1.01. The average Bonchev–Trinajstić information content (AvgIpc) is 2.78. The Bertz CT molecular complexity index is 563. The molecule has 0 saturated heterocycles. The number of rotatable bonds is 3. The Morgan fingerprint density at radius 2 is 2.00 bits per heavy atom. The summed E-state index contributed by atoms with van der Waals surface area (Å²) < 4.78 is 28.4. The fourth-order valence-electron chi connectivity index (χ4n) is 1.51. The average molecular weight is 252 g/mol. The Morgan fingerprint density at radius 1 is 1.28 bits per heavy atom. The molecule has 2 aromatic rings. The topological polar surface area (TPSA) is 55.9 Å². The van der Waals surface area contributed by atoms with Crippen LogP contribution in [-0.2, 0) is 0 Å². The predicted octanol–water partition coefficient (Wildman–Crippen LogP) is 3.07. The van der Waals surface area contributed by atoms with E-state index in [0.29, 0.717) is 5.82 Å². The highest BCUT2D eigenvalue weighted by atomic mass is 19.2. The maximum absolute atomic E-state index is 13.6. The van der Waals surface area contributed by atoms with Gasteiger partial charge in [-0.05, 0) is 26.0 Å². The first-order chi connectivity index (χ1) is 8.49. The Kier molecular flexibility index (Phi) is 3.18. The maximum atomic E-state index is 13.6. The third-order valence-electron chi connectivity index (χ3n) is 2.52. The molecular weight excluding hydrogens is 238 g/mol. The molecule has 0 spiro atoms. The Labute approximate surface area is 103 Å². The van der Waals surface area contributed by atoms with E-state index in [1.807, 2.05) is 13.8 Å². The van der Waals surface area contributed by atoms with E-state index in [1.165, 1.54) is 6.07 Å². The second-order valence-corrected chi connectivity index (χ2v) is 4.23. The molecule has 0 radical (unpaired) electrons. The highest BCUT2D eigenvalue weighted by molar-refractivity contribution is 5.71. The van der Waals surface area contributed by atoms with Gasteiger partial charge < -0.3 is 11.1 Å². The van der Waals surface area contributed by atoms with Gasteiger partial charge in [0, 0.05) is 18.3 Å². The number of anilines is 3. The predicted molar refractivity (Wildman–Crippen MR) is 66.7 cm³/mol. The molecule has 0 aliphatic heterocycles. The molecule has 1 heterocycles. The van der Waals surface area contributed by atoms with Gasteiger partial charge in [-0.2, -0.15) is 5.10 Å². The zero-order chi connectivity index (χ0) is 13.3. The second-order valence-electron chi connectivity index (χ2n) is 4.23. The lowest BCUT2D eigenvalue weighted by atomic mass is 10.2. The number of nitrogens with one attached hydrogen (secondary N) is 1. The molecule has 96 valence electrons. The van der Waals surface area contributed by atoms with Crippen LogP contribution in [0.2, 0.25) is 0 Å². The third kappa shape index (κ3) is 2.27. The Balaban J connectivity index is 2.31. The molecule has 0 fully saturated rings. The number of benzene rings is 1. The van der Waals surface area contributed by atoms with Crippen LogP contribution in [0.1, 0.15) is 19.9 Å². The van der Waals surface area contributed by atoms with Crippen molar-refractivity contribution in [3.63, 3.8) is 0 Å². The van der Waals surface area contributed by atoms with E-state index < -0.39 is 11.6 Å². The van der Waals surface area contributed by atoms with Crippen molar-refractivity contribution >= 4 is 17.2 Å². The minimum Gasteiger partial charge on any atom is -0.397 e. The number of hydrogen-bond acceptors (Lipinski definition) is 3. The van der Waals surface area contributed by atoms with Crippen molar-refractivity contribution in [2.45, 2.75) is 19.9 Å². The van der Waals surface area contributed by atoms with E-state index in [0.717, 1.165) is 6.07 Å². The molecule has 6 heteroatoms. The van der Waals surface area contributed by atoms with Crippen LogP contribution in [0.4, 0.5) is 26.0 Å². The molecule has 0 amide bonds. The maximum Gasteiger partial charge on any atom is 0.184 e. The molecule has 0 aliphatic carbocycles. The van der Waals surface area contributed by atoms with Crippen LogP contribution in [0.5, 0.6) is 0 Å². The third-order valence-corrected chi connectivity index (χ3v) is 2.52. The molecule has 0 unspecified atom stereocenters. The highest BCUT2D eigenvalue weighted by Crippen LogP contribution is 2.27. The van der Waals surface area contributed by atoms with Gasteiger partial charge in [-0.3, -0.25) is 4.68 Å². The van der Waals surface area contributed by atoms with Gasteiger partial charge >= 0.3 is 0 Å². The summed E-state index contributed by atoms with van der Waals surface area (Å²) in [6.45, 7) is 3.93. The molecule has 0 aliphatic rings. The van der Waals surface area contributed by atoms with Crippen molar-refractivity contribution in [3.05, 3.63) is 36.0 Å². The summed E-state index contributed by atoms with van der Waals surface area (Å²) >= 11 is 0. The molecule has 1 aromatic carbocycles. The van der Waals surface area contributed by atoms with Crippen LogP contribution in [0, 0.1) is 11.6 Å². The van der Waals surface area contributed by atoms with E-state index in [4.69, 9.17) is 5.73 Å². The number of hydrogen-bond donors (Lipinski definition) is 2. The van der Waals surface area contributed by atoms with Gasteiger partial charge in [0.1, 0.15) is 5.69 Å². The lowest BCUT2D eigenvalue weighted by Gasteiger charge is -2.09. The molecule has 3 N–H and O–H groups in total. The fraction of sp³-hybridized carbons (Fsp3) is 0.250. The van der Waals surface area contributed by atoms with Gasteiger partial charge in [-0.15, -0.1) is 0 Å². The summed E-state index contributed by atoms with van der Waals surface area (Å²) in [5, 5.41) is 6.86. The number of aromatic nitrogens is 2. The highest BCUT2D eigenvalue weighted by Gasteiger charge is 2.13. The van der Waals surface area contributed by atoms with Crippen molar-refractivity contribution in [1.29, 1.82) is 0 Å². The van der Waals surface area contributed by atoms with E-state index >= 15 is 0 Å². The van der Waals surface area contributed by atoms with Crippen molar-refractivity contribution < 1.29 is 8.78 Å². The quantitative estimate of drug-likeness (QED) is 0.825. The Hall–Kier alpha value is -2.11. The first kappa shape index (κ1) is 12.3. The summed E-state index contributed by atoms with van der Waals surface area (Å²) in [7, 11) is 0. The Morgan fingerprint density at radius 3 is 2.61 bits per heavy atom. The van der Waals surface area contributed by atoms with Crippen LogP contribution in [-0.4, -0.2) is 9.78 Å². The molecular formula is C12H14F2N4. The van der Waals surface area contributed by atoms with E-state index in [1.54, 1.807) is 16.9 Å². The summed E-state index contributed by atoms with van der Waals surface area (Å²) in [5.74, 6) is -1.54. The van der Waals surface area contributed by atoms with Gasteiger partial charge in [0.25, 0.3) is 0 Å². The van der Waals surface area contributed by atoms with E-state index in [2.05, 4.69) is 10.4 Å². The molecule has 0 atom stereocenters. The lowest BCUT2D eigenvalue weighted by Crippen LogP contribution is -2.04. The van der Waals surface area contributed by atoms with Crippen molar-refractivity contribution in [3.8, 4) is 0 Å². The van der Waals surface area contributed by atoms with Crippen LogP contribution < -0.4 is 11.1 Å². The van der Waals surface area contributed by atoms with Crippen LogP contribution in [0.15, 0.2) is 24.4 Å². The summed E-state index contributed by atoms with van der Waals surface area (Å²) in [6, 6.07) is 4.15. The largest absolute Gasteiger partial charge is 0.397 e. The van der Waals surface area contributed by atoms with Crippen LogP contribution in [0.3, 0.4) is 0 Å². The molecule has 0 bridgehead atoms.